The van der Waals surface area contributed by atoms with Crippen molar-refractivity contribution >= 4 is 5.91 Å². The third kappa shape index (κ3) is 3.15. The number of hydrogen-bond acceptors (Lipinski definition) is 4. The molecular weight excluding hydrogens is 287 g/mol. The first-order valence-corrected chi connectivity index (χ1v) is 7.09. The number of amides is 1. The van der Waals surface area contributed by atoms with E-state index in [4.69, 9.17) is 0 Å². The summed E-state index contributed by atoms with van der Waals surface area (Å²) in [5, 5.41) is 15.1. The number of benzene rings is 1. The maximum Gasteiger partial charge on any atom is 0.237 e. The number of β-amino-alcohol motifs (C(OH)–C–C–N with tert-alkyl or cyclic N) is 1. The van der Waals surface area contributed by atoms with Crippen molar-refractivity contribution < 1.29 is 14.3 Å². The SMILES string of the molecule is O=C(NCc1ccc(-n2ccnc2)c(F)c1)[C@@H]1C[C@@H](O)CN1. The molecule has 0 radical (unpaired) electrons. The standard InChI is InChI=1S/C15H17FN4O2/c16-12-5-10(1-2-14(12)20-4-3-17-9-20)7-19-15(22)13-6-11(21)8-18-13/h1-5,9,11,13,18,21H,6-8H2,(H,19,22)/t11-,13+/m1/s1. The summed E-state index contributed by atoms with van der Waals surface area (Å²) in [6, 6.07) is 4.42. The van der Waals surface area contributed by atoms with Gasteiger partial charge in [-0.05, 0) is 24.1 Å². The van der Waals surface area contributed by atoms with Crippen LogP contribution < -0.4 is 10.6 Å². The molecule has 2 atom stereocenters. The van der Waals surface area contributed by atoms with E-state index in [-0.39, 0.29) is 24.3 Å². The third-order valence-corrected chi connectivity index (χ3v) is 3.69. The van der Waals surface area contributed by atoms with Gasteiger partial charge in [0.05, 0.1) is 24.2 Å². The van der Waals surface area contributed by atoms with Crippen molar-refractivity contribution in [2.24, 2.45) is 0 Å². The van der Waals surface area contributed by atoms with Gasteiger partial charge in [0, 0.05) is 25.5 Å². The normalized spacial score (nSPS) is 21.0. The minimum absolute atomic E-state index is 0.185. The topological polar surface area (TPSA) is 79.2 Å². The molecule has 7 heteroatoms. The molecule has 0 unspecified atom stereocenters. The Labute approximate surface area is 127 Å². The lowest BCUT2D eigenvalue weighted by molar-refractivity contribution is -0.123. The van der Waals surface area contributed by atoms with Gasteiger partial charge in [-0.15, -0.1) is 0 Å². The molecule has 1 aromatic carbocycles. The van der Waals surface area contributed by atoms with Crippen LogP contribution in [-0.4, -0.2) is 39.3 Å². The summed E-state index contributed by atoms with van der Waals surface area (Å²) in [7, 11) is 0. The van der Waals surface area contributed by atoms with Gasteiger partial charge in [0.1, 0.15) is 5.82 Å². The average Bonchev–Trinajstić information content (AvgIpc) is 3.16. The zero-order valence-corrected chi connectivity index (χ0v) is 11.9. The average molecular weight is 304 g/mol. The monoisotopic (exact) mass is 304 g/mol. The smallest absolute Gasteiger partial charge is 0.237 e. The fraction of sp³-hybridized carbons (Fsp3) is 0.333. The summed E-state index contributed by atoms with van der Waals surface area (Å²) in [4.78, 5) is 15.8. The molecule has 1 amide bonds. The van der Waals surface area contributed by atoms with Crippen LogP contribution in [0.5, 0.6) is 0 Å². The summed E-state index contributed by atoms with van der Waals surface area (Å²) >= 11 is 0. The number of nitrogens with zero attached hydrogens (tertiary/aromatic N) is 2. The van der Waals surface area contributed by atoms with Gasteiger partial charge in [0.15, 0.2) is 0 Å². The van der Waals surface area contributed by atoms with Crippen molar-refractivity contribution in [2.45, 2.75) is 25.1 Å². The molecular formula is C15H17FN4O2. The molecule has 1 saturated heterocycles. The Morgan fingerprint density at radius 2 is 2.41 bits per heavy atom. The summed E-state index contributed by atoms with van der Waals surface area (Å²) in [6.45, 7) is 0.667. The van der Waals surface area contributed by atoms with Gasteiger partial charge in [-0.25, -0.2) is 9.37 Å². The van der Waals surface area contributed by atoms with Crippen LogP contribution in [0.1, 0.15) is 12.0 Å². The molecule has 3 N–H and O–H groups in total. The van der Waals surface area contributed by atoms with Gasteiger partial charge in [0.2, 0.25) is 5.91 Å². The van der Waals surface area contributed by atoms with Gasteiger partial charge in [-0.3, -0.25) is 4.79 Å². The number of carbonyl (C=O) groups is 1. The molecule has 0 bridgehead atoms. The lowest BCUT2D eigenvalue weighted by atomic mass is 10.1. The Morgan fingerprint density at radius 1 is 1.55 bits per heavy atom. The Balaban J connectivity index is 1.61. The van der Waals surface area contributed by atoms with Gasteiger partial charge < -0.3 is 20.3 Å². The van der Waals surface area contributed by atoms with E-state index in [1.54, 1.807) is 29.1 Å². The molecule has 0 saturated carbocycles. The fourth-order valence-corrected chi connectivity index (χ4v) is 2.50. The molecule has 2 heterocycles. The van der Waals surface area contributed by atoms with Crippen LogP contribution in [0.15, 0.2) is 36.9 Å². The number of aliphatic hydroxyl groups is 1. The van der Waals surface area contributed by atoms with Crippen molar-refractivity contribution in [1.29, 1.82) is 0 Å². The summed E-state index contributed by atoms with van der Waals surface area (Å²) in [5.74, 6) is -0.560. The quantitative estimate of drug-likeness (QED) is 0.761. The van der Waals surface area contributed by atoms with Crippen molar-refractivity contribution in [1.82, 2.24) is 20.2 Å². The molecule has 1 aliphatic heterocycles. The number of aromatic nitrogens is 2. The number of carbonyl (C=O) groups excluding carboxylic acids is 1. The number of imidazole rings is 1. The Kier molecular flexibility index (Phi) is 4.17. The number of halogens is 1. The first-order chi connectivity index (χ1) is 10.6. The van der Waals surface area contributed by atoms with Crippen molar-refractivity contribution in [3.05, 3.63) is 48.3 Å². The van der Waals surface area contributed by atoms with E-state index in [1.807, 2.05) is 0 Å². The van der Waals surface area contributed by atoms with E-state index in [0.29, 0.717) is 24.2 Å². The zero-order valence-electron chi connectivity index (χ0n) is 11.9. The largest absolute Gasteiger partial charge is 0.392 e. The molecule has 22 heavy (non-hydrogen) atoms. The van der Waals surface area contributed by atoms with E-state index >= 15 is 0 Å². The Hall–Kier alpha value is -2.25. The minimum Gasteiger partial charge on any atom is -0.392 e. The second-order valence-electron chi connectivity index (χ2n) is 5.32. The highest BCUT2D eigenvalue weighted by atomic mass is 19.1. The molecule has 3 rings (SSSR count). The fourth-order valence-electron chi connectivity index (χ4n) is 2.50. The first kappa shape index (κ1) is 14.7. The molecule has 2 aromatic rings. The molecule has 1 aromatic heterocycles. The van der Waals surface area contributed by atoms with Crippen LogP contribution in [0, 0.1) is 5.82 Å². The predicted molar refractivity (Wildman–Crippen MR) is 77.8 cm³/mol. The summed E-state index contributed by atoms with van der Waals surface area (Å²) in [6.07, 6.45) is 4.69. The van der Waals surface area contributed by atoms with Crippen LogP contribution in [0.4, 0.5) is 4.39 Å². The second kappa shape index (κ2) is 6.25. The Morgan fingerprint density at radius 3 is 3.05 bits per heavy atom. The van der Waals surface area contributed by atoms with Crippen molar-refractivity contribution in [3.63, 3.8) is 0 Å². The second-order valence-corrected chi connectivity index (χ2v) is 5.32. The number of rotatable bonds is 4. The molecule has 0 spiro atoms. The van der Waals surface area contributed by atoms with Gasteiger partial charge in [-0.2, -0.15) is 0 Å². The van der Waals surface area contributed by atoms with Crippen molar-refractivity contribution in [2.75, 3.05) is 6.54 Å². The Bertz CT molecular complexity index is 660. The van der Waals surface area contributed by atoms with Gasteiger partial charge >= 0.3 is 0 Å². The van der Waals surface area contributed by atoms with E-state index in [2.05, 4.69) is 15.6 Å². The molecule has 0 aliphatic carbocycles. The lowest BCUT2D eigenvalue weighted by Crippen LogP contribution is -2.40. The van der Waals surface area contributed by atoms with Crippen LogP contribution in [0.25, 0.3) is 5.69 Å². The summed E-state index contributed by atoms with van der Waals surface area (Å²) < 4.78 is 15.7. The van der Waals surface area contributed by atoms with Crippen LogP contribution in [0.2, 0.25) is 0 Å². The third-order valence-electron chi connectivity index (χ3n) is 3.69. The molecule has 1 fully saturated rings. The zero-order chi connectivity index (χ0) is 15.5. The molecule has 1 aliphatic rings. The number of nitrogens with one attached hydrogen (secondary N) is 2. The lowest BCUT2D eigenvalue weighted by Gasteiger charge is -2.12. The number of aliphatic hydroxyl groups excluding tert-OH is 1. The summed E-state index contributed by atoms with van der Waals surface area (Å²) in [5.41, 5.74) is 1.08. The van der Waals surface area contributed by atoms with E-state index in [0.717, 1.165) is 0 Å². The predicted octanol–water partition coefficient (Wildman–Crippen LogP) is 0.350. The van der Waals surface area contributed by atoms with E-state index < -0.39 is 6.10 Å². The highest BCUT2D eigenvalue weighted by Gasteiger charge is 2.27. The van der Waals surface area contributed by atoms with Crippen LogP contribution >= 0.6 is 0 Å². The highest BCUT2D eigenvalue weighted by Crippen LogP contribution is 2.15. The van der Waals surface area contributed by atoms with E-state index in [1.165, 1.54) is 12.4 Å². The minimum atomic E-state index is -0.484. The number of hydrogen-bond donors (Lipinski definition) is 3. The maximum absolute atomic E-state index is 14.1. The van der Waals surface area contributed by atoms with Gasteiger partial charge in [-0.1, -0.05) is 6.07 Å². The van der Waals surface area contributed by atoms with E-state index in [9.17, 15) is 14.3 Å². The highest BCUT2D eigenvalue weighted by molar-refractivity contribution is 5.82. The molecule has 116 valence electrons. The van der Waals surface area contributed by atoms with Crippen LogP contribution in [-0.2, 0) is 11.3 Å². The first-order valence-electron chi connectivity index (χ1n) is 7.09. The van der Waals surface area contributed by atoms with Crippen LogP contribution in [0.3, 0.4) is 0 Å². The molecule has 6 nitrogen and oxygen atoms in total. The maximum atomic E-state index is 14.1. The van der Waals surface area contributed by atoms with Gasteiger partial charge in [0.25, 0.3) is 0 Å². The van der Waals surface area contributed by atoms with Crippen molar-refractivity contribution in [3.8, 4) is 5.69 Å².